The molecule has 3 nitrogen and oxygen atoms in total. The fraction of sp³-hybridized carbons (Fsp3) is 0.200. The molecule has 1 N–H and O–H groups in total. The molecule has 0 saturated carbocycles. The molecule has 1 aromatic carbocycles. The SMILES string of the molecule is C#Cc1ccc(NS(C)(=O)=O)c(F)c1C. The monoisotopic (exact) mass is 227 g/mol. The third kappa shape index (κ3) is 2.70. The van der Waals surface area contributed by atoms with Crippen LogP contribution in [0.15, 0.2) is 12.1 Å². The van der Waals surface area contributed by atoms with Crippen LogP contribution in [0, 0.1) is 25.1 Å². The van der Waals surface area contributed by atoms with E-state index in [1.807, 2.05) is 0 Å². The maximum atomic E-state index is 13.6. The van der Waals surface area contributed by atoms with Gasteiger partial charge in [-0.3, -0.25) is 4.72 Å². The Morgan fingerprint density at radius 3 is 2.53 bits per heavy atom. The summed E-state index contributed by atoms with van der Waals surface area (Å²) in [4.78, 5) is 0. The molecule has 0 heterocycles. The highest BCUT2D eigenvalue weighted by atomic mass is 32.2. The van der Waals surface area contributed by atoms with E-state index in [-0.39, 0.29) is 11.3 Å². The molecular weight excluding hydrogens is 217 g/mol. The fourth-order valence-electron chi connectivity index (χ4n) is 1.12. The molecule has 0 fully saturated rings. The van der Waals surface area contributed by atoms with E-state index in [0.29, 0.717) is 5.56 Å². The number of anilines is 1. The zero-order chi connectivity index (χ0) is 11.6. The number of halogens is 1. The van der Waals surface area contributed by atoms with Crippen LogP contribution in [0.25, 0.3) is 0 Å². The van der Waals surface area contributed by atoms with Crippen LogP contribution in [0.3, 0.4) is 0 Å². The maximum absolute atomic E-state index is 13.6. The van der Waals surface area contributed by atoms with Gasteiger partial charge in [0.05, 0.1) is 11.9 Å². The first-order chi connectivity index (χ1) is 6.85. The van der Waals surface area contributed by atoms with Gasteiger partial charge >= 0.3 is 0 Å². The lowest BCUT2D eigenvalue weighted by Crippen LogP contribution is -2.11. The first-order valence-corrected chi connectivity index (χ1v) is 5.98. The zero-order valence-electron chi connectivity index (χ0n) is 8.33. The molecule has 15 heavy (non-hydrogen) atoms. The first-order valence-electron chi connectivity index (χ1n) is 4.08. The van der Waals surface area contributed by atoms with E-state index >= 15 is 0 Å². The van der Waals surface area contributed by atoms with Crippen LogP contribution in [-0.4, -0.2) is 14.7 Å². The average molecular weight is 227 g/mol. The second-order valence-electron chi connectivity index (χ2n) is 3.12. The van der Waals surface area contributed by atoms with Gasteiger partial charge < -0.3 is 0 Å². The molecule has 0 aromatic heterocycles. The molecule has 1 aromatic rings. The Labute approximate surface area is 88.4 Å². The highest BCUT2D eigenvalue weighted by Gasteiger charge is 2.11. The third-order valence-corrected chi connectivity index (χ3v) is 2.43. The largest absolute Gasteiger partial charge is 0.281 e. The van der Waals surface area contributed by atoms with Crippen molar-refractivity contribution in [2.45, 2.75) is 6.92 Å². The predicted octanol–water partition coefficient (Wildman–Crippen LogP) is 1.49. The molecule has 0 atom stereocenters. The van der Waals surface area contributed by atoms with Crippen molar-refractivity contribution in [2.24, 2.45) is 0 Å². The predicted molar refractivity (Wildman–Crippen MR) is 57.5 cm³/mol. The minimum absolute atomic E-state index is 0.0889. The van der Waals surface area contributed by atoms with E-state index in [4.69, 9.17) is 6.42 Å². The molecule has 0 saturated heterocycles. The summed E-state index contributed by atoms with van der Waals surface area (Å²) in [5, 5.41) is 0. The number of nitrogens with one attached hydrogen (secondary N) is 1. The van der Waals surface area contributed by atoms with Crippen molar-refractivity contribution in [1.29, 1.82) is 0 Å². The third-order valence-electron chi connectivity index (χ3n) is 1.84. The van der Waals surface area contributed by atoms with Gasteiger partial charge in [-0.15, -0.1) is 6.42 Å². The Kier molecular flexibility index (Phi) is 3.01. The topological polar surface area (TPSA) is 46.2 Å². The van der Waals surface area contributed by atoms with E-state index in [1.165, 1.54) is 19.1 Å². The van der Waals surface area contributed by atoms with Crippen molar-refractivity contribution < 1.29 is 12.8 Å². The lowest BCUT2D eigenvalue weighted by Gasteiger charge is -2.08. The van der Waals surface area contributed by atoms with Gasteiger partial charge in [-0.1, -0.05) is 5.92 Å². The molecule has 0 spiro atoms. The van der Waals surface area contributed by atoms with E-state index < -0.39 is 15.8 Å². The van der Waals surface area contributed by atoms with Gasteiger partial charge in [0.1, 0.15) is 0 Å². The summed E-state index contributed by atoms with van der Waals surface area (Å²) >= 11 is 0. The van der Waals surface area contributed by atoms with Crippen LogP contribution in [0.1, 0.15) is 11.1 Å². The number of rotatable bonds is 2. The van der Waals surface area contributed by atoms with Crippen LogP contribution in [-0.2, 0) is 10.0 Å². The second kappa shape index (κ2) is 3.91. The lowest BCUT2D eigenvalue weighted by atomic mass is 10.1. The minimum Gasteiger partial charge on any atom is -0.281 e. The number of sulfonamides is 1. The summed E-state index contributed by atoms with van der Waals surface area (Å²) in [5.74, 6) is 1.67. The lowest BCUT2D eigenvalue weighted by molar-refractivity contribution is 0.602. The van der Waals surface area contributed by atoms with Crippen molar-refractivity contribution >= 4 is 15.7 Å². The highest BCUT2D eigenvalue weighted by Crippen LogP contribution is 2.21. The minimum atomic E-state index is -3.48. The molecule has 1 rings (SSSR count). The summed E-state index contributed by atoms with van der Waals surface area (Å²) in [6.07, 6.45) is 6.10. The zero-order valence-corrected chi connectivity index (χ0v) is 9.15. The standard InChI is InChI=1S/C10H10FNO2S/c1-4-8-5-6-9(10(11)7(8)2)12-15(3,13)14/h1,5-6,12H,2-3H3. The van der Waals surface area contributed by atoms with Gasteiger partial charge in [-0.2, -0.15) is 0 Å². The van der Waals surface area contributed by atoms with Crippen LogP contribution in [0.4, 0.5) is 10.1 Å². The molecule has 0 aliphatic rings. The Hall–Kier alpha value is -1.54. The summed E-state index contributed by atoms with van der Waals surface area (Å²) in [5.41, 5.74) is 0.576. The number of benzene rings is 1. The van der Waals surface area contributed by atoms with Gasteiger partial charge in [-0.05, 0) is 19.1 Å². The summed E-state index contributed by atoms with van der Waals surface area (Å²) in [7, 11) is -3.48. The van der Waals surface area contributed by atoms with Crippen LogP contribution in [0.5, 0.6) is 0 Å². The molecule has 0 bridgehead atoms. The van der Waals surface area contributed by atoms with Crippen LogP contribution < -0.4 is 4.72 Å². The molecule has 0 unspecified atom stereocenters. The number of hydrogen-bond donors (Lipinski definition) is 1. The van der Waals surface area contributed by atoms with E-state index in [2.05, 4.69) is 10.6 Å². The molecular formula is C10H10FNO2S. The Balaban J connectivity index is 3.26. The van der Waals surface area contributed by atoms with Gasteiger partial charge in [-0.25, -0.2) is 12.8 Å². The average Bonchev–Trinajstić information content (AvgIpc) is 2.11. The Bertz CT molecular complexity index is 529. The normalized spacial score (nSPS) is 10.8. The molecule has 5 heteroatoms. The molecule has 0 radical (unpaired) electrons. The molecule has 80 valence electrons. The van der Waals surface area contributed by atoms with Gasteiger partial charge in [0.25, 0.3) is 0 Å². The number of terminal acetylenes is 1. The Morgan fingerprint density at radius 1 is 1.47 bits per heavy atom. The van der Waals surface area contributed by atoms with Crippen molar-refractivity contribution in [3.05, 3.63) is 29.1 Å². The van der Waals surface area contributed by atoms with Crippen LogP contribution in [0.2, 0.25) is 0 Å². The van der Waals surface area contributed by atoms with Crippen LogP contribution >= 0.6 is 0 Å². The summed E-state index contributed by atoms with van der Waals surface area (Å²) < 4.78 is 37.4. The molecule has 0 aliphatic carbocycles. The van der Waals surface area contributed by atoms with E-state index in [0.717, 1.165) is 6.26 Å². The van der Waals surface area contributed by atoms with Crippen molar-refractivity contribution in [1.82, 2.24) is 0 Å². The smallest absolute Gasteiger partial charge is 0.229 e. The molecule has 0 aliphatic heterocycles. The van der Waals surface area contributed by atoms with Gasteiger partial charge in [0.2, 0.25) is 10.0 Å². The summed E-state index contributed by atoms with van der Waals surface area (Å²) in [6, 6.07) is 2.80. The van der Waals surface area contributed by atoms with Gasteiger partial charge in [0.15, 0.2) is 5.82 Å². The van der Waals surface area contributed by atoms with Crippen molar-refractivity contribution in [2.75, 3.05) is 11.0 Å². The quantitative estimate of drug-likeness (QED) is 0.778. The Morgan fingerprint density at radius 2 is 2.07 bits per heavy atom. The fourth-order valence-corrected chi connectivity index (χ4v) is 1.68. The van der Waals surface area contributed by atoms with E-state index in [9.17, 15) is 12.8 Å². The summed E-state index contributed by atoms with van der Waals surface area (Å²) in [6.45, 7) is 1.50. The number of hydrogen-bond acceptors (Lipinski definition) is 2. The maximum Gasteiger partial charge on any atom is 0.229 e. The van der Waals surface area contributed by atoms with Crippen molar-refractivity contribution in [3.63, 3.8) is 0 Å². The van der Waals surface area contributed by atoms with E-state index in [1.54, 1.807) is 0 Å². The second-order valence-corrected chi connectivity index (χ2v) is 4.87. The van der Waals surface area contributed by atoms with Gasteiger partial charge in [0, 0.05) is 11.1 Å². The molecule has 0 amide bonds. The highest BCUT2D eigenvalue weighted by molar-refractivity contribution is 7.92. The first kappa shape index (κ1) is 11.5. The van der Waals surface area contributed by atoms with Crippen molar-refractivity contribution in [3.8, 4) is 12.3 Å².